The number of carbonyl (C=O) groups is 1. The number of piperidine rings is 1. The number of carbonyl (C=O) groups excluding carboxylic acids is 1. The Hall–Kier alpha value is -4.37. The summed E-state index contributed by atoms with van der Waals surface area (Å²) in [6.07, 6.45) is 8.15. The predicted molar refractivity (Wildman–Crippen MR) is 166 cm³/mol. The quantitative estimate of drug-likeness (QED) is 0.284. The van der Waals surface area contributed by atoms with E-state index in [2.05, 4.69) is 38.4 Å². The summed E-state index contributed by atoms with van der Waals surface area (Å²) in [7, 11) is 5.34. The molecule has 0 radical (unpaired) electrons. The van der Waals surface area contributed by atoms with Crippen molar-refractivity contribution in [1.29, 1.82) is 0 Å². The van der Waals surface area contributed by atoms with Gasteiger partial charge in [0.05, 0.1) is 31.6 Å². The summed E-state index contributed by atoms with van der Waals surface area (Å²) in [5, 5.41) is 1.16. The minimum absolute atomic E-state index is 0.0115. The van der Waals surface area contributed by atoms with Crippen molar-refractivity contribution in [3.63, 3.8) is 0 Å². The normalized spacial score (nSPS) is 21.3. The van der Waals surface area contributed by atoms with Gasteiger partial charge >= 0.3 is 0 Å². The molecular weight excluding hydrogens is 540 g/mol. The monoisotopic (exact) mass is 576 g/mol. The number of nitrogens with two attached hydrogens (primary N) is 1. The number of aromatic nitrogens is 4. The Morgan fingerprint density at radius 1 is 1.00 bits per heavy atom. The van der Waals surface area contributed by atoms with E-state index < -0.39 is 0 Å². The lowest BCUT2D eigenvalue weighted by molar-refractivity contribution is 0.0700. The molecule has 4 heterocycles. The number of pyridine rings is 1. The van der Waals surface area contributed by atoms with Crippen LogP contribution in [-0.4, -0.2) is 62.8 Å². The second kappa shape index (κ2) is 9.84. The van der Waals surface area contributed by atoms with Gasteiger partial charge in [-0.3, -0.25) is 9.78 Å². The lowest BCUT2D eigenvalue weighted by atomic mass is 10.1. The maximum atomic E-state index is 13.7. The summed E-state index contributed by atoms with van der Waals surface area (Å²) < 4.78 is 15.8. The first-order valence-electron chi connectivity index (χ1n) is 15.2. The number of fused-ring (bicyclic) bond motifs is 4. The van der Waals surface area contributed by atoms with Gasteiger partial charge in [-0.25, -0.2) is 4.98 Å². The van der Waals surface area contributed by atoms with Crippen LogP contribution in [0.2, 0.25) is 0 Å². The average Bonchev–Trinajstić information content (AvgIpc) is 3.44. The zero-order chi connectivity index (χ0) is 29.4. The fourth-order valence-electron chi connectivity index (χ4n) is 7.33. The van der Waals surface area contributed by atoms with Gasteiger partial charge in [-0.2, -0.15) is 0 Å². The number of methoxy groups -OCH3 is 2. The number of amides is 1. The third-order valence-corrected chi connectivity index (χ3v) is 9.87. The number of aryl methyl sites for hydroxylation is 1. The van der Waals surface area contributed by atoms with Crippen molar-refractivity contribution in [2.45, 2.75) is 44.3 Å². The van der Waals surface area contributed by atoms with E-state index >= 15 is 0 Å². The average molecular weight is 577 g/mol. The molecule has 2 aromatic carbocycles. The third-order valence-electron chi connectivity index (χ3n) is 9.87. The van der Waals surface area contributed by atoms with E-state index in [1.807, 2.05) is 36.3 Å². The van der Waals surface area contributed by atoms with Crippen molar-refractivity contribution in [2.24, 2.45) is 24.6 Å². The van der Waals surface area contributed by atoms with E-state index in [1.165, 1.54) is 12.8 Å². The zero-order valence-electron chi connectivity index (χ0n) is 24.8. The van der Waals surface area contributed by atoms with Crippen LogP contribution >= 0.6 is 0 Å². The van der Waals surface area contributed by atoms with Crippen LogP contribution in [0.3, 0.4) is 0 Å². The highest BCUT2D eigenvalue weighted by molar-refractivity contribution is 6.00. The van der Waals surface area contributed by atoms with Crippen LogP contribution in [-0.2, 0) is 13.6 Å². The Bertz CT molecular complexity index is 1900. The largest absolute Gasteiger partial charge is 0.495 e. The molecule has 0 spiro atoms. The molecule has 3 aromatic heterocycles. The molecule has 43 heavy (non-hydrogen) atoms. The lowest BCUT2D eigenvalue weighted by Crippen LogP contribution is -2.41. The molecule has 5 aromatic rings. The summed E-state index contributed by atoms with van der Waals surface area (Å²) in [5.74, 6) is 3.30. The second-order valence-corrected chi connectivity index (χ2v) is 12.5. The highest BCUT2D eigenvalue weighted by Gasteiger charge is 2.47. The molecule has 3 aliphatic rings. The van der Waals surface area contributed by atoms with Gasteiger partial charge in [0, 0.05) is 60.4 Å². The summed E-state index contributed by atoms with van der Waals surface area (Å²) in [6, 6.07) is 14.8. The molecule has 2 N–H and O–H groups in total. The molecule has 2 saturated carbocycles. The smallest absolute Gasteiger partial charge is 0.254 e. The molecule has 9 heteroatoms. The SMILES string of the molecule is COc1cncc(-c2ccc3cc(-c4nc5cc(C(=O)N6CC7CCC6C7N)cc(OC)c5n4C)n(CC4CC4)c3c2)c1. The van der Waals surface area contributed by atoms with Crippen molar-refractivity contribution in [3.05, 3.63) is 60.4 Å². The first-order chi connectivity index (χ1) is 20.9. The van der Waals surface area contributed by atoms with Gasteiger partial charge < -0.3 is 29.2 Å². The van der Waals surface area contributed by atoms with Crippen molar-refractivity contribution < 1.29 is 14.3 Å². The third kappa shape index (κ3) is 4.20. The molecule has 9 nitrogen and oxygen atoms in total. The van der Waals surface area contributed by atoms with E-state index in [4.69, 9.17) is 20.2 Å². The van der Waals surface area contributed by atoms with Crippen LogP contribution in [0, 0.1) is 11.8 Å². The van der Waals surface area contributed by atoms with Gasteiger partial charge in [-0.05, 0) is 73.4 Å². The van der Waals surface area contributed by atoms with E-state index in [0.717, 1.165) is 76.3 Å². The fourth-order valence-corrected chi connectivity index (χ4v) is 7.33. The highest BCUT2D eigenvalue weighted by Crippen LogP contribution is 2.41. The van der Waals surface area contributed by atoms with Crippen molar-refractivity contribution >= 4 is 27.8 Å². The molecule has 1 amide bonds. The zero-order valence-corrected chi connectivity index (χ0v) is 24.8. The van der Waals surface area contributed by atoms with Gasteiger partial charge in [0.25, 0.3) is 5.91 Å². The summed E-state index contributed by atoms with van der Waals surface area (Å²) in [5.41, 5.74) is 13.0. The van der Waals surface area contributed by atoms with Crippen LogP contribution in [0.25, 0.3) is 44.6 Å². The maximum absolute atomic E-state index is 13.7. The van der Waals surface area contributed by atoms with Crippen LogP contribution < -0.4 is 15.2 Å². The van der Waals surface area contributed by atoms with Gasteiger partial charge in [0.2, 0.25) is 0 Å². The number of likely N-dealkylation sites (tertiary alicyclic amines) is 1. The lowest BCUT2D eigenvalue weighted by Gasteiger charge is -2.27. The number of hydrogen-bond acceptors (Lipinski definition) is 6. The standard InChI is InChI=1S/C34H36N6O3/c1-38-32-26(11-23(14-30(32)43-3)34(41)40-18-22-8-9-27(40)31(22)35)37-33(38)29-13-21-7-6-20(24-10-25(42-2)16-36-15-24)12-28(21)39(29)17-19-4-5-19/h6-7,10-16,19,22,27,31H,4-5,8-9,17-18,35H2,1-3H3. The molecule has 1 saturated heterocycles. The Balaban J connectivity index is 1.24. The molecule has 220 valence electrons. The molecule has 2 aliphatic carbocycles. The van der Waals surface area contributed by atoms with E-state index in [1.54, 1.807) is 20.4 Å². The van der Waals surface area contributed by atoms with Gasteiger partial charge in [-0.1, -0.05) is 12.1 Å². The topological polar surface area (TPSA) is 100 Å². The van der Waals surface area contributed by atoms with E-state index in [0.29, 0.717) is 23.1 Å². The minimum atomic E-state index is 0.0115. The Morgan fingerprint density at radius 3 is 2.58 bits per heavy atom. The van der Waals surface area contributed by atoms with Crippen molar-refractivity contribution in [3.8, 4) is 34.1 Å². The number of benzene rings is 2. The van der Waals surface area contributed by atoms with Gasteiger partial charge in [0.1, 0.15) is 17.0 Å². The Morgan fingerprint density at radius 2 is 1.86 bits per heavy atom. The molecular formula is C34H36N6O3. The van der Waals surface area contributed by atoms with Gasteiger partial charge in [0.15, 0.2) is 5.82 Å². The first kappa shape index (κ1) is 26.3. The predicted octanol–water partition coefficient (Wildman–Crippen LogP) is 5.25. The molecule has 2 bridgehead atoms. The molecule has 8 rings (SSSR count). The molecule has 1 aliphatic heterocycles. The van der Waals surface area contributed by atoms with Crippen LogP contribution in [0.4, 0.5) is 0 Å². The molecule has 3 atom stereocenters. The summed E-state index contributed by atoms with van der Waals surface area (Å²) in [4.78, 5) is 25.2. The van der Waals surface area contributed by atoms with E-state index in [-0.39, 0.29) is 18.0 Å². The Labute approximate surface area is 250 Å². The van der Waals surface area contributed by atoms with Crippen molar-refractivity contribution in [2.75, 3.05) is 20.8 Å². The maximum Gasteiger partial charge on any atom is 0.254 e. The van der Waals surface area contributed by atoms with Crippen LogP contribution in [0.5, 0.6) is 11.5 Å². The minimum Gasteiger partial charge on any atom is -0.495 e. The summed E-state index contributed by atoms with van der Waals surface area (Å²) >= 11 is 0. The number of imidazole rings is 1. The van der Waals surface area contributed by atoms with E-state index in [9.17, 15) is 4.79 Å². The summed E-state index contributed by atoms with van der Waals surface area (Å²) in [6.45, 7) is 1.66. The number of hydrogen-bond donors (Lipinski definition) is 1. The first-order valence-corrected chi connectivity index (χ1v) is 15.2. The van der Waals surface area contributed by atoms with Gasteiger partial charge in [-0.15, -0.1) is 0 Å². The van der Waals surface area contributed by atoms with Crippen LogP contribution in [0.1, 0.15) is 36.0 Å². The highest BCUT2D eigenvalue weighted by atomic mass is 16.5. The molecule has 3 unspecified atom stereocenters. The molecule has 3 fully saturated rings. The van der Waals surface area contributed by atoms with Crippen molar-refractivity contribution in [1.82, 2.24) is 24.0 Å². The Kier molecular flexibility index (Phi) is 6.01. The number of rotatable bonds is 7. The second-order valence-electron chi connectivity index (χ2n) is 12.5. The van der Waals surface area contributed by atoms with Crippen LogP contribution in [0.15, 0.2) is 54.9 Å². The fraction of sp³-hybridized carbons (Fsp3) is 0.382. The number of nitrogens with zero attached hydrogens (tertiary/aromatic N) is 5. The number of ether oxygens (including phenoxy) is 2.